The van der Waals surface area contributed by atoms with E-state index >= 15 is 0 Å². The van der Waals surface area contributed by atoms with Gasteiger partial charge in [0.25, 0.3) is 10.1 Å². The SMILES string of the molecule is Cc1ccc(C)c(C2=C3C=CC=C3C(S(=O)(=O)O)=C2)c1.[LiH]. The first-order valence-corrected chi connectivity index (χ1v) is 7.72. The molecule has 2 aliphatic rings. The molecule has 0 aliphatic heterocycles. The van der Waals surface area contributed by atoms with Crippen molar-refractivity contribution < 1.29 is 13.0 Å². The predicted molar refractivity (Wildman–Crippen MR) is 86.8 cm³/mol. The van der Waals surface area contributed by atoms with Crippen molar-refractivity contribution in [1.29, 1.82) is 0 Å². The van der Waals surface area contributed by atoms with E-state index in [-0.39, 0.29) is 23.8 Å². The summed E-state index contributed by atoms with van der Waals surface area (Å²) in [6.07, 6.45) is 6.95. The van der Waals surface area contributed by atoms with E-state index in [0.717, 1.165) is 27.8 Å². The van der Waals surface area contributed by atoms with Gasteiger partial charge in [-0.15, -0.1) is 0 Å². The van der Waals surface area contributed by atoms with E-state index in [9.17, 15) is 13.0 Å². The molecule has 2 aliphatic carbocycles. The second-order valence-electron chi connectivity index (χ2n) is 5.07. The molecule has 0 atom stereocenters. The van der Waals surface area contributed by atoms with Crippen LogP contribution in [-0.2, 0) is 10.1 Å². The van der Waals surface area contributed by atoms with Crippen molar-refractivity contribution in [2.75, 3.05) is 0 Å². The average Bonchev–Trinajstić information content (AvgIpc) is 2.92. The van der Waals surface area contributed by atoms with Gasteiger partial charge >= 0.3 is 18.9 Å². The van der Waals surface area contributed by atoms with Crippen LogP contribution in [0.4, 0.5) is 0 Å². The molecular formula is C16H15LiO3S. The van der Waals surface area contributed by atoms with Crippen molar-refractivity contribution in [1.82, 2.24) is 0 Å². The molecule has 0 aromatic heterocycles. The van der Waals surface area contributed by atoms with Crippen LogP contribution in [0.15, 0.2) is 58.6 Å². The van der Waals surface area contributed by atoms with Gasteiger partial charge in [-0.1, -0.05) is 42.0 Å². The zero-order valence-electron chi connectivity index (χ0n) is 11.2. The second-order valence-corrected chi connectivity index (χ2v) is 6.46. The Morgan fingerprint density at radius 2 is 1.81 bits per heavy atom. The van der Waals surface area contributed by atoms with Gasteiger partial charge in [-0.05, 0) is 42.2 Å². The van der Waals surface area contributed by atoms with E-state index in [4.69, 9.17) is 0 Å². The summed E-state index contributed by atoms with van der Waals surface area (Å²) in [5.41, 5.74) is 5.45. The molecule has 104 valence electrons. The Labute approximate surface area is 136 Å². The Bertz CT molecular complexity index is 840. The summed E-state index contributed by atoms with van der Waals surface area (Å²) >= 11 is 0. The summed E-state index contributed by atoms with van der Waals surface area (Å²) in [5.74, 6) is 0. The fraction of sp³-hybridized carbons (Fsp3) is 0.125. The number of benzene rings is 1. The standard InChI is InChI=1S/C16H14O3S.Li.H/c1-10-6-7-11(2)14(8-10)15-9-16(20(17,18)19)13-5-3-4-12(13)15;;/h3-9H,1-2H3,(H,17,18,19);;. The van der Waals surface area contributed by atoms with Crippen LogP contribution in [0.3, 0.4) is 0 Å². The van der Waals surface area contributed by atoms with Crippen molar-refractivity contribution >= 4 is 34.6 Å². The van der Waals surface area contributed by atoms with Crippen LogP contribution < -0.4 is 0 Å². The average molecular weight is 294 g/mol. The number of hydrogen-bond acceptors (Lipinski definition) is 2. The molecule has 21 heavy (non-hydrogen) atoms. The van der Waals surface area contributed by atoms with E-state index in [1.807, 2.05) is 38.1 Å². The van der Waals surface area contributed by atoms with Crippen molar-refractivity contribution in [2.45, 2.75) is 13.8 Å². The summed E-state index contributed by atoms with van der Waals surface area (Å²) in [6.45, 7) is 3.99. The summed E-state index contributed by atoms with van der Waals surface area (Å²) in [5, 5.41) is 0. The van der Waals surface area contributed by atoms with Gasteiger partial charge in [0.05, 0.1) is 0 Å². The zero-order valence-corrected chi connectivity index (χ0v) is 12.0. The number of rotatable bonds is 2. The van der Waals surface area contributed by atoms with Crippen LogP contribution in [0.25, 0.3) is 5.57 Å². The minimum atomic E-state index is -4.21. The van der Waals surface area contributed by atoms with Crippen LogP contribution in [0.2, 0.25) is 0 Å². The van der Waals surface area contributed by atoms with Crippen molar-refractivity contribution in [3.63, 3.8) is 0 Å². The number of allylic oxidation sites excluding steroid dienone is 7. The summed E-state index contributed by atoms with van der Waals surface area (Å²) in [4.78, 5) is -0.0200. The van der Waals surface area contributed by atoms with Gasteiger partial charge in [0.1, 0.15) is 4.91 Å². The molecule has 1 aromatic carbocycles. The normalized spacial score (nSPS) is 16.5. The van der Waals surface area contributed by atoms with Gasteiger partial charge < -0.3 is 0 Å². The zero-order chi connectivity index (χ0) is 14.5. The van der Waals surface area contributed by atoms with E-state index in [2.05, 4.69) is 0 Å². The van der Waals surface area contributed by atoms with Gasteiger partial charge in [0, 0.05) is 5.57 Å². The van der Waals surface area contributed by atoms with Crippen LogP contribution in [-0.4, -0.2) is 31.8 Å². The molecular weight excluding hydrogens is 279 g/mol. The number of hydrogen-bond donors (Lipinski definition) is 1. The quantitative estimate of drug-likeness (QED) is 0.674. The van der Waals surface area contributed by atoms with E-state index in [1.165, 1.54) is 0 Å². The molecule has 0 radical (unpaired) electrons. The molecule has 1 N–H and O–H groups in total. The third-order valence-electron chi connectivity index (χ3n) is 3.61. The fourth-order valence-corrected chi connectivity index (χ4v) is 3.34. The van der Waals surface area contributed by atoms with Crippen molar-refractivity contribution in [3.05, 3.63) is 75.2 Å². The molecule has 1 aromatic rings. The molecule has 5 heteroatoms. The molecule has 0 fully saturated rings. The van der Waals surface area contributed by atoms with Gasteiger partial charge in [0.2, 0.25) is 0 Å². The molecule has 0 unspecified atom stereocenters. The van der Waals surface area contributed by atoms with E-state index < -0.39 is 10.1 Å². The fourth-order valence-electron chi connectivity index (χ4n) is 2.62. The number of aryl methyl sites for hydroxylation is 2. The molecule has 0 bridgehead atoms. The summed E-state index contributed by atoms with van der Waals surface area (Å²) < 4.78 is 32.4. The van der Waals surface area contributed by atoms with Gasteiger partial charge in [-0.25, -0.2) is 0 Å². The van der Waals surface area contributed by atoms with Crippen LogP contribution in [0.1, 0.15) is 16.7 Å². The molecule has 0 amide bonds. The Morgan fingerprint density at radius 3 is 2.48 bits per heavy atom. The first-order valence-electron chi connectivity index (χ1n) is 6.28. The minimum absolute atomic E-state index is 0. The van der Waals surface area contributed by atoms with Crippen LogP contribution >= 0.6 is 0 Å². The molecule has 0 heterocycles. The van der Waals surface area contributed by atoms with Crippen molar-refractivity contribution in [3.8, 4) is 0 Å². The van der Waals surface area contributed by atoms with Gasteiger partial charge in [0.15, 0.2) is 0 Å². The predicted octanol–water partition coefficient (Wildman–Crippen LogP) is 2.69. The molecule has 0 saturated carbocycles. The molecule has 3 rings (SSSR count). The topological polar surface area (TPSA) is 54.4 Å². The first kappa shape index (κ1) is 16.1. The molecule has 0 spiro atoms. The van der Waals surface area contributed by atoms with Crippen LogP contribution in [0, 0.1) is 13.8 Å². The van der Waals surface area contributed by atoms with E-state index in [0.29, 0.717) is 5.57 Å². The maximum atomic E-state index is 11.5. The Balaban J connectivity index is 0.00000161. The third kappa shape index (κ3) is 2.73. The van der Waals surface area contributed by atoms with Crippen molar-refractivity contribution in [2.24, 2.45) is 0 Å². The maximum absolute atomic E-state index is 11.5. The number of fused-ring (bicyclic) bond motifs is 1. The second kappa shape index (κ2) is 5.47. The van der Waals surface area contributed by atoms with Gasteiger partial charge in [-0.3, -0.25) is 4.55 Å². The van der Waals surface area contributed by atoms with Gasteiger partial charge in [-0.2, -0.15) is 8.42 Å². The van der Waals surface area contributed by atoms with E-state index in [1.54, 1.807) is 18.2 Å². The summed E-state index contributed by atoms with van der Waals surface area (Å²) in [7, 11) is -4.21. The third-order valence-corrected chi connectivity index (χ3v) is 4.50. The Hall–Kier alpha value is -1.31. The molecule has 3 nitrogen and oxygen atoms in total. The van der Waals surface area contributed by atoms with Crippen LogP contribution in [0.5, 0.6) is 0 Å². The Morgan fingerprint density at radius 1 is 1.10 bits per heavy atom. The first-order chi connectivity index (χ1) is 9.38. The summed E-state index contributed by atoms with van der Waals surface area (Å²) in [6, 6.07) is 6.07. The Kier molecular flexibility index (Phi) is 4.19. The monoisotopic (exact) mass is 294 g/mol. The molecule has 0 saturated heterocycles.